The molecule has 4 heteroatoms. The Labute approximate surface area is 123 Å². The summed E-state index contributed by atoms with van der Waals surface area (Å²) in [6.07, 6.45) is 0.892. The normalized spacial score (nSPS) is 17.6. The van der Waals surface area contributed by atoms with Gasteiger partial charge in [0, 0.05) is 11.8 Å². The highest BCUT2D eigenvalue weighted by Crippen LogP contribution is 2.30. The molecular formula is C16H16ClNO2. The van der Waals surface area contributed by atoms with E-state index in [1.165, 1.54) is 11.1 Å². The van der Waals surface area contributed by atoms with Crippen LogP contribution in [-0.4, -0.2) is 13.2 Å². The Kier molecular flexibility index (Phi) is 3.81. The molecule has 3 rings (SSSR count). The Hall–Kier alpha value is -1.71. The van der Waals surface area contributed by atoms with Gasteiger partial charge in [0.25, 0.3) is 0 Å². The molecule has 2 aromatic carbocycles. The third kappa shape index (κ3) is 2.74. The molecule has 1 unspecified atom stereocenters. The zero-order valence-electron chi connectivity index (χ0n) is 11.0. The number of halogens is 1. The van der Waals surface area contributed by atoms with Crippen LogP contribution in [0.4, 0.5) is 5.69 Å². The van der Waals surface area contributed by atoms with Gasteiger partial charge in [-0.25, -0.2) is 0 Å². The minimum absolute atomic E-state index is 0.0579. The fraction of sp³-hybridized carbons (Fsp3) is 0.250. The van der Waals surface area contributed by atoms with Crippen molar-refractivity contribution in [2.45, 2.75) is 12.5 Å². The molecule has 1 atom stereocenters. The minimum Gasteiger partial charge on any atom is -0.489 e. The highest BCUT2D eigenvalue weighted by Gasteiger charge is 2.21. The van der Waals surface area contributed by atoms with E-state index >= 15 is 0 Å². The highest BCUT2D eigenvalue weighted by atomic mass is 35.5. The molecule has 104 valence electrons. The number of nitrogens with two attached hydrogens (primary N) is 1. The number of nitrogen functional groups attached to an aromatic ring is 1. The van der Waals surface area contributed by atoms with Crippen molar-refractivity contribution >= 4 is 17.3 Å². The number of ether oxygens (including phenoxy) is 2. The Bertz CT molecular complexity index is 615. The number of hydrogen-bond donors (Lipinski definition) is 1. The van der Waals surface area contributed by atoms with Crippen LogP contribution >= 0.6 is 11.6 Å². The topological polar surface area (TPSA) is 44.5 Å². The lowest BCUT2D eigenvalue weighted by Crippen LogP contribution is -2.21. The Balaban J connectivity index is 1.75. The van der Waals surface area contributed by atoms with Crippen LogP contribution in [0.2, 0.25) is 5.02 Å². The van der Waals surface area contributed by atoms with Crippen LogP contribution in [-0.2, 0) is 11.2 Å². The number of fused-ring (bicyclic) bond motifs is 1. The second-order valence-corrected chi connectivity index (χ2v) is 5.22. The summed E-state index contributed by atoms with van der Waals surface area (Å²) in [7, 11) is 0. The lowest BCUT2D eigenvalue weighted by atomic mass is 9.98. The van der Waals surface area contributed by atoms with E-state index in [0.29, 0.717) is 23.1 Å². The summed E-state index contributed by atoms with van der Waals surface area (Å²) in [6.45, 7) is 1.15. The zero-order chi connectivity index (χ0) is 13.9. The van der Waals surface area contributed by atoms with E-state index in [0.717, 1.165) is 13.0 Å². The first-order valence-corrected chi connectivity index (χ1v) is 6.99. The Morgan fingerprint density at radius 1 is 1.25 bits per heavy atom. The molecule has 0 aromatic heterocycles. The van der Waals surface area contributed by atoms with Crippen molar-refractivity contribution in [2.24, 2.45) is 0 Å². The third-order valence-electron chi connectivity index (χ3n) is 3.44. The second-order valence-electron chi connectivity index (χ2n) is 4.81. The maximum atomic E-state index is 6.09. The fourth-order valence-electron chi connectivity index (χ4n) is 2.41. The summed E-state index contributed by atoms with van der Waals surface area (Å²) in [5, 5.41) is 0.559. The number of rotatable bonds is 3. The second kappa shape index (κ2) is 5.73. The van der Waals surface area contributed by atoms with Gasteiger partial charge in [0.15, 0.2) is 0 Å². The summed E-state index contributed by atoms with van der Waals surface area (Å²) in [5.74, 6) is 0.596. The van der Waals surface area contributed by atoms with Crippen molar-refractivity contribution in [3.05, 3.63) is 58.6 Å². The number of anilines is 1. The van der Waals surface area contributed by atoms with E-state index in [2.05, 4.69) is 18.2 Å². The summed E-state index contributed by atoms with van der Waals surface area (Å²) in [5.41, 5.74) is 8.89. The number of benzene rings is 2. The highest BCUT2D eigenvalue weighted by molar-refractivity contribution is 6.32. The molecular weight excluding hydrogens is 274 g/mol. The van der Waals surface area contributed by atoms with E-state index in [9.17, 15) is 0 Å². The van der Waals surface area contributed by atoms with Crippen molar-refractivity contribution in [2.75, 3.05) is 18.9 Å². The van der Waals surface area contributed by atoms with Crippen LogP contribution in [0.15, 0.2) is 42.5 Å². The lowest BCUT2D eigenvalue weighted by Gasteiger charge is -2.26. The molecule has 0 bridgehead atoms. The van der Waals surface area contributed by atoms with Crippen LogP contribution in [0.3, 0.4) is 0 Å². The third-order valence-corrected chi connectivity index (χ3v) is 3.75. The molecule has 2 N–H and O–H groups in total. The van der Waals surface area contributed by atoms with E-state index < -0.39 is 0 Å². The molecule has 1 aliphatic heterocycles. The maximum absolute atomic E-state index is 6.09. The molecule has 2 aromatic rings. The molecule has 0 radical (unpaired) electrons. The molecule has 0 aliphatic carbocycles. The van der Waals surface area contributed by atoms with Crippen LogP contribution in [0.1, 0.15) is 17.2 Å². The van der Waals surface area contributed by atoms with Gasteiger partial charge in [0.2, 0.25) is 0 Å². The average molecular weight is 290 g/mol. The molecule has 1 aliphatic rings. The summed E-state index contributed by atoms with van der Waals surface area (Å²) in [6, 6.07) is 13.5. The van der Waals surface area contributed by atoms with Crippen molar-refractivity contribution < 1.29 is 9.47 Å². The summed E-state index contributed by atoms with van der Waals surface area (Å²) < 4.78 is 11.6. The van der Waals surface area contributed by atoms with Crippen LogP contribution in [0, 0.1) is 0 Å². The predicted octanol–water partition coefficient (Wildman–Crippen LogP) is 3.62. The van der Waals surface area contributed by atoms with E-state index in [1.54, 1.807) is 18.2 Å². The largest absolute Gasteiger partial charge is 0.489 e. The monoisotopic (exact) mass is 289 g/mol. The van der Waals surface area contributed by atoms with Crippen molar-refractivity contribution in [3.63, 3.8) is 0 Å². The predicted molar refractivity (Wildman–Crippen MR) is 80.2 cm³/mol. The number of hydrogen-bond acceptors (Lipinski definition) is 3. The minimum atomic E-state index is -0.0579. The molecule has 1 heterocycles. The SMILES string of the molecule is Nc1ccc(Cl)c(OCC2OCCc3ccccc32)c1. The maximum Gasteiger partial charge on any atom is 0.140 e. The first-order chi connectivity index (χ1) is 9.74. The van der Waals surface area contributed by atoms with Crippen LogP contribution < -0.4 is 10.5 Å². The summed E-state index contributed by atoms with van der Waals surface area (Å²) >= 11 is 6.09. The van der Waals surface area contributed by atoms with Gasteiger partial charge < -0.3 is 15.2 Å². The van der Waals surface area contributed by atoms with E-state index in [4.69, 9.17) is 26.8 Å². The molecule has 0 fully saturated rings. The van der Waals surface area contributed by atoms with Gasteiger partial charge in [-0.2, -0.15) is 0 Å². The van der Waals surface area contributed by atoms with Crippen molar-refractivity contribution in [3.8, 4) is 5.75 Å². The van der Waals surface area contributed by atoms with Crippen LogP contribution in [0.25, 0.3) is 0 Å². The lowest BCUT2D eigenvalue weighted by molar-refractivity contribution is 0.0102. The fourth-order valence-corrected chi connectivity index (χ4v) is 2.58. The van der Waals surface area contributed by atoms with E-state index in [1.807, 2.05) is 6.07 Å². The molecule has 0 saturated heterocycles. The van der Waals surface area contributed by atoms with E-state index in [-0.39, 0.29) is 6.10 Å². The van der Waals surface area contributed by atoms with Gasteiger partial charge in [-0.15, -0.1) is 0 Å². The smallest absolute Gasteiger partial charge is 0.140 e. The first-order valence-electron chi connectivity index (χ1n) is 6.61. The molecule has 0 spiro atoms. The standard InChI is InChI=1S/C16H16ClNO2/c17-14-6-5-12(18)9-15(14)20-10-16-13-4-2-1-3-11(13)7-8-19-16/h1-6,9,16H,7-8,10,18H2. The Morgan fingerprint density at radius 3 is 3.00 bits per heavy atom. The van der Waals surface area contributed by atoms with Gasteiger partial charge >= 0.3 is 0 Å². The zero-order valence-corrected chi connectivity index (χ0v) is 11.8. The van der Waals surface area contributed by atoms with Crippen molar-refractivity contribution in [1.29, 1.82) is 0 Å². The molecule has 0 amide bonds. The molecule has 20 heavy (non-hydrogen) atoms. The van der Waals surface area contributed by atoms with Gasteiger partial charge in [0.1, 0.15) is 18.5 Å². The van der Waals surface area contributed by atoms with Crippen LogP contribution in [0.5, 0.6) is 5.75 Å². The van der Waals surface area contributed by atoms with Gasteiger partial charge in [-0.1, -0.05) is 35.9 Å². The first kappa shape index (κ1) is 13.3. The van der Waals surface area contributed by atoms with Gasteiger partial charge in [-0.05, 0) is 29.7 Å². The van der Waals surface area contributed by atoms with Crippen molar-refractivity contribution in [1.82, 2.24) is 0 Å². The van der Waals surface area contributed by atoms with Gasteiger partial charge in [-0.3, -0.25) is 0 Å². The Morgan fingerprint density at radius 2 is 2.10 bits per heavy atom. The molecule has 3 nitrogen and oxygen atoms in total. The quantitative estimate of drug-likeness (QED) is 0.878. The molecule has 0 saturated carbocycles. The average Bonchev–Trinajstić information content (AvgIpc) is 2.48. The van der Waals surface area contributed by atoms with Gasteiger partial charge in [0.05, 0.1) is 11.6 Å². The summed E-state index contributed by atoms with van der Waals surface area (Å²) in [4.78, 5) is 0.